The highest BCUT2D eigenvalue weighted by Gasteiger charge is 2.14. The first-order chi connectivity index (χ1) is 10.1. The van der Waals surface area contributed by atoms with Gasteiger partial charge in [0.1, 0.15) is 5.82 Å². The number of fused-ring (bicyclic) bond motifs is 1. The summed E-state index contributed by atoms with van der Waals surface area (Å²) in [6.45, 7) is 0. The zero-order valence-corrected chi connectivity index (χ0v) is 12.5. The molecule has 6 heteroatoms. The van der Waals surface area contributed by atoms with Crippen LogP contribution in [0.5, 0.6) is 0 Å². The topological polar surface area (TPSA) is 37.8 Å². The molecule has 0 unspecified atom stereocenters. The number of nitrogens with zero attached hydrogens (tertiary/aromatic N) is 2. The lowest BCUT2D eigenvalue weighted by atomic mass is 10.1. The van der Waals surface area contributed by atoms with Gasteiger partial charge in [0.2, 0.25) is 0 Å². The predicted molar refractivity (Wildman–Crippen MR) is 84.5 cm³/mol. The first kappa shape index (κ1) is 14.0. The van der Waals surface area contributed by atoms with Crippen LogP contribution in [0.4, 0.5) is 10.2 Å². The summed E-state index contributed by atoms with van der Waals surface area (Å²) < 4.78 is 14.1. The van der Waals surface area contributed by atoms with Crippen molar-refractivity contribution in [1.29, 1.82) is 0 Å². The third-order valence-corrected chi connectivity index (χ3v) is 3.62. The van der Waals surface area contributed by atoms with E-state index in [1.54, 1.807) is 31.3 Å². The minimum atomic E-state index is -0.539. The van der Waals surface area contributed by atoms with Crippen LogP contribution < -0.4 is 5.32 Å². The zero-order valence-electron chi connectivity index (χ0n) is 11.0. The molecule has 0 saturated heterocycles. The Labute approximate surface area is 130 Å². The van der Waals surface area contributed by atoms with E-state index in [1.807, 2.05) is 6.07 Å². The highest BCUT2D eigenvalue weighted by atomic mass is 35.5. The summed E-state index contributed by atoms with van der Waals surface area (Å²) in [6.07, 6.45) is 0. The SMILES string of the molecule is CNc1nc(-c2cccc(Cl)c2F)nc2cc(Cl)ccc12. The van der Waals surface area contributed by atoms with E-state index in [1.165, 1.54) is 6.07 Å². The van der Waals surface area contributed by atoms with Gasteiger partial charge in [0.25, 0.3) is 0 Å². The maximum Gasteiger partial charge on any atom is 0.165 e. The molecule has 0 aliphatic heterocycles. The molecule has 0 aliphatic carbocycles. The summed E-state index contributed by atoms with van der Waals surface area (Å²) in [6, 6.07) is 10.0. The van der Waals surface area contributed by atoms with Gasteiger partial charge in [0, 0.05) is 17.5 Å². The number of benzene rings is 2. The molecule has 1 heterocycles. The third-order valence-electron chi connectivity index (χ3n) is 3.09. The van der Waals surface area contributed by atoms with Crippen molar-refractivity contribution in [3.05, 3.63) is 52.3 Å². The molecule has 3 aromatic rings. The Morgan fingerprint density at radius 1 is 1.10 bits per heavy atom. The molecular weight excluding hydrogens is 312 g/mol. The van der Waals surface area contributed by atoms with Gasteiger partial charge in [-0.2, -0.15) is 0 Å². The van der Waals surface area contributed by atoms with Crippen molar-refractivity contribution in [3.63, 3.8) is 0 Å². The minimum Gasteiger partial charge on any atom is -0.373 e. The normalized spacial score (nSPS) is 10.9. The summed E-state index contributed by atoms with van der Waals surface area (Å²) in [4.78, 5) is 8.74. The molecule has 106 valence electrons. The van der Waals surface area contributed by atoms with E-state index in [0.29, 0.717) is 16.4 Å². The molecule has 0 radical (unpaired) electrons. The number of rotatable bonds is 2. The second-order valence-electron chi connectivity index (χ2n) is 4.41. The Bertz CT molecular complexity index is 837. The van der Waals surface area contributed by atoms with Gasteiger partial charge >= 0.3 is 0 Å². The van der Waals surface area contributed by atoms with E-state index < -0.39 is 5.82 Å². The largest absolute Gasteiger partial charge is 0.373 e. The fraction of sp³-hybridized carbons (Fsp3) is 0.0667. The van der Waals surface area contributed by atoms with Crippen molar-refractivity contribution in [2.75, 3.05) is 12.4 Å². The zero-order chi connectivity index (χ0) is 15.0. The lowest BCUT2D eigenvalue weighted by Crippen LogP contribution is -2.00. The molecule has 21 heavy (non-hydrogen) atoms. The van der Waals surface area contributed by atoms with Gasteiger partial charge < -0.3 is 5.32 Å². The first-order valence-electron chi connectivity index (χ1n) is 6.19. The molecule has 1 aromatic heterocycles. The van der Waals surface area contributed by atoms with Crippen LogP contribution in [0.15, 0.2) is 36.4 Å². The van der Waals surface area contributed by atoms with Gasteiger partial charge in [0.05, 0.1) is 16.1 Å². The van der Waals surface area contributed by atoms with Crippen LogP contribution in [0.1, 0.15) is 0 Å². The predicted octanol–water partition coefficient (Wildman–Crippen LogP) is 4.78. The second kappa shape index (κ2) is 5.47. The number of halogens is 3. The van der Waals surface area contributed by atoms with Gasteiger partial charge in [0.15, 0.2) is 11.6 Å². The molecule has 0 atom stereocenters. The second-order valence-corrected chi connectivity index (χ2v) is 5.25. The Morgan fingerprint density at radius 2 is 1.90 bits per heavy atom. The molecule has 0 saturated carbocycles. The van der Waals surface area contributed by atoms with Crippen LogP contribution in [0, 0.1) is 5.82 Å². The number of nitrogens with one attached hydrogen (secondary N) is 1. The van der Waals surface area contributed by atoms with Crippen molar-refractivity contribution >= 4 is 39.9 Å². The highest BCUT2D eigenvalue weighted by Crippen LogP contribution is 2.30. The molecule has 0 aliphatic rings. The van der Waals surface area contributed by atoms with Crippen LogP contribution in [-0.4, -0.2) is 17.0 Å². The smallest absolute Gasteiger partial charge is 0.165 e. The Kier molecular flexibility index (Phi) is 3.66. The maximum atomic E-state index is 14.1. The maximum absolute atomic E-state index is 14.1. The van der Waals surface area contributed by atoms with E-state index in [4.69, 9.17) is 23.2 Å². The minimum absolute atomic E-state index is 0.0355. The first-order valence-corrected chi connectivity index (χ1v) is 6.95. The van der Waals surface area contributed by atoms with Crippen LogP contribution in [0.2, 0.25) is 10.0 Å². The van der Waals surface area contributed by atoms with E-state index >= 15 is 0 Å². The van der Waals surface area contributed by atoms with Crippen LogP contribution in [0.3, 0.4) is 0 Å². The molecule has 0 spiro atoms. The van der Waals surface area contributed by atoms with Gasteiger partial charge in [-0.1, -0.05) is 29.3 Å². The Morgan fingerprint density at radius 3 is 2.67 bits per heavy atom. The van der Waals surface area contributed by atoms with E-state index in [0.717, 1.165) is 5.39 Å². The summed E-state index contributed by atoms with van der Waals surface area (Å²) in [5.74, 6) is 0.322. The molecule has 2 aromatic carbocycles. The fourth-order valence-corrected chi connectivity index (χ4v) is 2.43. The third kappa shape index (κ3) is 2.52. The van der Waals surface area contributed by atoms with E-state index in [-0.39, 0.29) is 16.4 Å². The summed E-state index contributed by atoms with van der Waals surface area (Å²) in [7, 11) is 1.74. The van der Waals surface area contributed by atoms with E-state index in [2.05, 4.69) is 15.3 Å². The van der Waals surface area contributed by atoms with Crippen molar-refractivity contribution in [2.45, 2.75) is 0 Å². The van der Waals surface area contributed by atoms with Crippen LogP contribution in [-0.2, 0) is 0 Å². The van der Waals surface area contributed by atoms with Crippen molar-refractivity contribution in [3.8, 4) is 11.4 Å². The highest BCUT2D eigenvalue weighted by molar-refractivity contribution is 6.31. The van der Waals surface area contributed by atoms with Crippen molar-refractivity contribution in [2.24, 2.45) is 0 Å². The average Bonchev–Trinajstić information content (AvgIpc) is 2.48. The fourth-order valence-electron chi connectivity index (χ4n) is 2.09. The molecule has 0 amide bonds. The molecule has 3 rings (SSSR count). The summed E-state index contributed by atoms with van der Waals surface area (Å²) in [5, 5.41) is 4.39. The molecule has 1 N–H and O–H groups in total. The number of anilines is 1. The lowest BCUT2D eigenvalue weighted by molar-refractivity contribution is 0.630. The molecular formula is C15H10Cl2FN3. The average molecular weight is 322 g/mol. The molecule has 0 bridgehead atoms. The van der Waals surface area contributed by atoms with Gasteiger partial charge in [-0.15, -0.1) is 0 Å². The summed E-state index contributed by atoms with van der Waals surface area (Å²) in [5.41, 5.74) is 0.886. The molecule has 0 fully saturated rings. The van der Waals surface area contributed by atoms with Gasteiger partial charge in [-0.25, -0.2) is 14.4 Å². The number of aromatic nitrogens is 2. The Hall–Kier alpha value is -1.91. The standard InChI is InChI=1S/C15H10Cl2FN3/c1-19-14-9-6-5-8(16)7-12(9)20-15(21-14)10-3-2-4-11(17)13(10)18/h2-7H,1H3,(H,19,20,21). The van der Waals surface area contributed by atoms with Crippen LogP contribution >= 0.6 is 23.2 Å². The summed E-state index contributed by atoms with van der Waals surface area (Å²) >= 11 is 11.8. The number of hydrogen-bond acceptors (Lipinski definition) is 3. The van der Waals surface area contributed by atoms with Crippen LogP contribution in [0.25, 0.3) is 22.3 Å². The van der Waals surface area contributed by atoms with Crippen molar-refractivity contribution < 1.29 is 4.39 Å². The van der Waals surface area contributed by atoms with Crippen molar-refractivity contribution in [1.82, 2.24) is 9.97 Å². The lowest BCUT2D eigenvalue weighted by Gasteiger charge is -2.09. The Balaban J connectivity index is 2.30. The quantitative estimate of drug-likeness (QED) is 0.737. The van der Waals surface area contributed by atoms with E-state index in [9.17, 15) is 4.39 Å². The number of hydrogen-bond donors (Lipinski definition) is 1. The monoisotopic (exact) mass is 321 g/mol. The van der Waals surface area contributed by atoms with Gasteiger partial charge in [-0.05, 0) is 30.3 Å². The molecule has 3 nitrogen and oxygen atoms in total. The van der Waals surface area contributed by atoms with Gasteiger partial charge in [-0.3, -0.25) is 0 Å².